The molecule has 0 bridgehead atoms. The molecule has 1 atom stereocenters. The first-order valence-electron chi connectivity index (χ1n) is 5.79. The van der Waals surface area contributed by atoms with Gasteiger partial charge in [-0.1, -0.05) is 45.9 Å². The van der Waals surface area contributed by atoms with E-state index in [9.17, 15) is 0 Å². The van der Waals surface area contributed by atoms with Gasteiger partial charge in [0, 0.05) is 0 Å². The van der Waals surface area contributed by atoms with E-state index in [1.165, 1.54) is 0 Å². The third kappa shape index (κ3) is 2.05. The molecule has 0 spiro atoms. The van der Waals surface area contributed by atoms with E-state index in [-0.39, 0.29) is 5.54 Å². The molecule has 2 heterocycles. The van der Waals surface area contributed by atoms with Crippen LogP contribution in [-0.4, -0.2) is 20.2 Å². The van der Waals surface area contributed by atoms with Crippen LogP contribution in [0.1, 0.15) is 40.4 Å². The molecular formula is C12H20N4. The standard InChI is InChI=1S/C10H14N4.C2H6/c1-8(2)10(3)7-5-4-6-9-11-12-13-14(9)10;1-2/h4-8H,1-3H3;1-2H3. The topological polar surface area (TPSA) is 43.6 Å². The van der Waals surface area contributed by atoms with Crippen molar-refractivity contribution >= 4 is 6.08 Å². The molecule has 1 aromatic heterocycles. The summed E-state index contributed by atoms with van der Waals surface area (Å²) in [4.78, 5) is 0. The van der Waals surface area contributed by atoms with Gasteiger partial charge in [0.2, 0.25) is 0 Å². The van der Waals surface area contributed by atoms with Crippen LogP contribution in [0.15, 0.2) is 18.2 Å². The second-order valence-corrected chi connectivity index (χ2v) is 4.05. The number of allylic oxidation sites excluding steroid dienone is 3. The molecule has 1 aliphatic rings. The van der Waals surface area contributed by atoms with E-state index < -0.39 is 0 Å². The van der Waals surface area contributed by atoms with Crippen LogP contribution in [0.25, 0.3) is 6.08 Å². The Labute approximate surface area is 97.0 Å². The summed E-state index contributed by atoms with van der Waals surface area (Å²) in [5.41, 5.74) is -0.137. The molecule has 0 saturated carbocycles. The smallest absolute Gasteiger partial charge is 0.175 e. The lowest BCUT2D eigenvalue weighted by molar-refractivity contribution is 0.261. The van der Waals surface area contributed by atoms with Gasteiger partial charge in [-0.05, 0) is 29.3 Å². The molecule has 0 aromatic carbocycles. The largest absolute Gasteiger partial charge is 0.216 e. The minimum absolute atomic E-state index is 0.137. The molecule has 4 nitrogen and oxygen atoms in total. The fraction of sp³-hybridized carbons (Fsp3) is 0.583. The van der Waals surface area contributed by atoms with Crippen LogP contribution in [-0.2, 0) is 5.54 Å². The van der Waals surface area contributed by atoms with Gasteiger partial charge in [0.25, 0.3) is 0 Å². The quantitative estimate of drug-likeness (QED) is 0.730. The maximum Gasteiger partial charge on any atom is 0.175 e. The van der Waals surface area contributed by atoms with Crippen molar-refractivity contribution in [3.63, 3.8) is 0 Å². The summed E-state index contributed by atoms with van der Waals surface area (Å²) < 4.78 is 1.87. The minimum Gasteiger partial charge on any atom is -0.216 e. The van der Waals surface area contributed by atoms with Crippen LogP contribution in [0.5, 0.6) is 0 Å². The van der Waals surface area contributed by atoms with Crippen LogP contribution in [0.4, 0.5) is 0 Å². The third-order valence-electron chi connectivity index (χ3n) is 2.91. The molecule has 0 saturated heterocycles. The molecule has 0 radical (unpaired) electrons. The van der Waals surface area contributed by atoms with Crippen molar-refractivity contribution in [3.8, 4) is 0 Å². The van der Waals surface area contributed by atoms with Crippen molar-refractivity contribution in [1.29, 1.82) is 0 Å². The summed E-state index contributed by atoms with van der Waals surface area (Å²) in [6.07, 6.45) is 8.07. The van der Waals surface area contributed by atoms with E-state index in [1.807, 2.05) is 36.8 Å². The first-order valence-corrected chi connectivity index (χ1v) is 5.79. The zero-order valence-corrected chi connectivity index (χ0v) is 10.7. The highest BCUT2D eigenvalue weighted by atomic mass is 15.6. The Morgan fingerprint density at radius 1 is 1.25 bits per heavy atom. The molecule has 2 rings (SSSR count). The van der Waals surface area contributed by atoms with E-state index in [0.717, 1.165) is 5.82 Å². The average Bonchev–Trinajstić information content (AvgIpc) is 2.69. The predicted octanol–water partition coefficient (Wildman–Crippen LogP) is 2.65. The Hall–Kier alpha value is -1.45. The predicted molar refractivity (Wildman–Crippen MR) is 65.8 cm³/mol. The Balaban J connectivity index is 0.000000606. The van der Waals surface area contributed by atoms with E-state index in [2.05, 4.69) is 42.4 Å². The van der Waals surface area contributed by atoms with Crippen molar-refractivity contribution in [1.82, 2.24) is 20.2 Å². The van der Waals surface area contributed by atoms with Gasteiger partial charge >= 0.3 is 0 Å². The summed E-state index contributed by atoms with van der Waals surface area (Å²) in [5.74, 6) is 1.26. The molecule has 4 heteroatoms. The lowest BCUT2D eigenvalue weighted by Crippen LogP contribution is -2.35. The van der Waals surface area contributed by atoms with Crippen LogP contribution in [0.3, 0.4) is 0 Å². The minimum atomic E-state index is -0.137. The third-order valence-corrected chi connectivity index (χ3v) is 2.91. The molecule has 1 unspecified atom stereocenters. The van der Waals surface area contributed by atoms with Crippen LogP contribution in [0, 0.1) is 5.92 Å². The second-order valence-electron chi connectivity index (χ2n) is 4.05. The van der Waals surface area contributed by atoms with E-state index >= 15 is 0 Å². The van der Waals surface area contributed by atoms with Gasteiger partial charge in [-0.25, -0.2) is 4.68 Å². The maximum absolute atomic E-state index is 4.04. The summed E-state index contributed by atoms with van der Waals surface area (Å²) >= 11 is 0. The van der Waals surface area contributed by atoms with Gasteiger partial charge in [-0.3, -0.25) is 0 Å². The SMILES string of the molecule is CC.CC(C)C1(C)C=CC=Cc2nnnn21. The zero-order chi connectivity index (χ0) is 12.2. The highest BCUT2D eigenvalue weighted by molar-refractivity contribution is 5.45. The van der Waals surface area contributed by atoms with Crippen molar-refractivity contribution in [3.05, 3.63) is 24.1 Å². The number of fused-ring (bicyclic) bond motifs is 1. The maximum atomic E-state index is 4.04. The Kier molecular flexibility index (Phi) is 3.99. The summed E-state index contributed by atoms with van der Waals surface area (Å²) in [6.45, 7) is 10.5. The van der Waals surface area contributed by atoms with Crippen molar-refractivity contribution < 1.29 is 0 Å². The summed E-state index contributed by atoms with van der Waals surface area (Å²) in [6, 6.07) is 0. The van der Waals surface area contributed by atoms with Crippen LogP contribution in [0.2, 0.25) is 0 Å². The normalized spacial score (nSPS) is 22.4. The lowest BCUT2D eigenvalue weighted by atomic mass is 9.88. The van der Waals surface area contributed by atoms with Gasteiger partial charge < -0.3 is 0 Å². The summed E-state index contributed by atoms with van der Waals surface area (Å²) in [7, 11) is 0. The van der Waals surface area contributed by atoms with Gasteiger partial charge in [0.05, 0.1) is 5.54 Å². The molecule has 1 aromatic rings. The molecule has 88 valence electrons. The Morgan fingerprint density at radius 3 is 2.56 bits per heavy atom. The first-order chi connectivity index (χ1) is 7.64. The highest BCUT2D eigenvalue weighted by Gasteiger charge is 2.31. The molecule has 0 fully saturated rings. The van der Waals surface area contributed by atoms with Gasteiger partial charge in [-0.2, -0.15) is 0 Å². The summed E-state index contributed by atoms with van der Waals surface area (Å²) in [5, 5.41) is 11.7. The van der Waals surface area contributed by atoms with E-state index in [4.69, 9.17) is 0 Å². The molecule has 16 heavy (non-hydrogen) atoms. The molecule has 0 amide bonds. The second kappa shape index (κ2) is 5.05. The number of aromatic nitrogens is 4. The fourth-order valence-corrected chi connectivity index (χ4v) is 1.54. The molecule has 0 N–H and O–H groups in total. The Bertz CT molecular complexity index is 389. The van der Waals surface area contributed by atoms with E-state index in [0.29, 0.717) is 5.92 Å². The fourth-order valence-electron chi connectivity index (χ4n) is 1.54. The molecule has 1 aliphatic heterocycles. The monoisotopic (exact) mass is 220 g/mol. The first kappa shape index (κ1) is 12.6. The van der Waals surface area contributed by atoms with Gasteiger partial charge in [0.1, 0.15) is 0 Å². The zero-order valence-electron chi connectivity index (χ0n) is 10.7. The Morgan fingerprint density at radius 2 is 1.94 bits per heavy atom. The highest BCUT2D eigenvalue weighted by Crippen LogP contribution is 2.29. The number of rotatable bonds is 1. The molecule has 0 aliphatic carbocycles. The lowest BCUT2D eigenvalue weighted by Gasteiger charge is -2.30. The van der Waals surface area contributed by atoms with Gasteiger partial charge in [-0.15, -0.1) is 5.10 Å². The number of hydrogen-bond donors (Lipinski definition) is 0. The number of tetrazole rings is 1. The van der Waals surface area contributed by atoms with Crippen molar-refractivity contribution in [2.75, 3.05) is 0 Å². The molecular weight excluding hydrogens is 200 g/mol. The van der Waals surface area contributed by atoms with Crippen molar-refractivity contribution in [2.45, 2.75) is 40.2 Å². The van der Waals surface area contributed by atoms with Crippen LogP contribution >= 0.6 is 0 Å². The van der Waals surface area contributed by atoms with Crippen LogP contribution < -0.4 is 0 Å². The number of hydrogen-bond acceptors (Lipinski definition) is 3. The average molecular weight is 220 g/mol. The van der Waals surface area contributed by atoms with Crippen molar-refractivity contribution in [2.24, 2.45) is 5.92 Å². The van der Waals surface area contributed by atoms with Gasteiger partial charge in [0.15, 0.2) is 5.82 Å². The number of nitrogens with zero attached hydrogens (tertiary/aromatic N) is 4. The van der Waals surface area contributed by atoms with E-state index in [1.54, 1.807) is 0 Å².